The Morgan fingerprint density at radius 2 is 1.88 bits per heavy atom. The van der Waals surface area contributed by atoms with Crippen LogP contribution in [0.4, 0.5) is 0 Å². The van der Waals surface area contributed by atoms with Crippen molar-refractivity contribution in [2.24, 2.45) is 0 Å². The van der Waals surface area contributed by atoms with Crippen LogP contribution in [-0.2, 0) is 16.0 Å². The van der Waals surface area contributed by atoms with Gasteiger partial charge in [0.25, 0.3) is 0 Å². The normalized spacial score (nSPS) is 11.6. The molecular formula is C20H22ClNO4. The number of rotatable bonds is 9. The highest BCUT2D eigenvalue weighted by atomic mass is 35.5. The van der Waals surface area contributed by atoms with Gasteiger partial charge in [0.05, 0.1) is 18.2 Å². The molecule has 138 valence electrons. The third-order valence-electron chi connectivity index (χ3n) is 4.04. The zero-order valence-corrected chi connectivity index (χ0v) is 15.3. The molecule has 0 bridgehead atoms. The predicted octanol–water partition coefficient (Wildman–Crippen LogP) is 4.00. The second-order valence-corrected chi connectivity index (χ2v) is 6.34. The van der Waals surface area contributed by atoms with Crippen molar-refractivity contribution in [3.63, 3.8) is 0 Å². The summed E-state index contributed by atoms with van der Waals surface area (Å²) in [6.07, 6.45) is 1.17. The number of aliphatic carboxylic acids is 1. The fourth-order valence-corrected chi connectivity index (χ4v) is 2.95. The van der Waals surface area contributed by atoms with Gasteiger partial charge in [-0.1, -0.05) is 48.0 Å². The first-order valence-electron chi connectivity index (χ1n) is 8.38. The average molecular weight is 376 g/mol. The molecule has 2 aromatic rings. The molecule has 2 rings (SSSR count). The Morgan fingerprint density at radius 1 is 1.15 bits per heavy atom. The van der Waals surface area contributed by atoms with Crippen LogP contribution in [-0.4, -0.2) is 24.1 Å². The maximum atomic E-state index is 12.3. The Hall–Kier alpha value is -2.53. The Kier molecular flexibility index (Phi) is 7.48. The number of carboxylic acids is 1. The number of hydrogen-bond donors (Lipinski definition) is 2. The smallest absolute Gasteiger partial charge is 0.303 e. The van der Waals surface area contributed by atoms with Crippen LogP contribution in [0.2, 0.25) is 5.02 Å². The van der Waals surface area contributed by atoms with E-state index in [1.807, 2.05) is 36.4 Å². The quantitative estimate of drug-likeness (QED) is 0.694. The molecule has 0 heterocycles. The Labute approximate surface area is 157 Å². The fourth-order valence-electron chi connectivity index (χ4n) is 2.67. The number of ether oxygens (including phenoxy) is 1. The lowest BCUT2D eigenvalue weighted by atomic mass is 10.0. The van der Waals surface area contributed by atoms with Crippen LogP contribution in [0.3, 0.4) is 0 Å². The molecular weight excluding hydrogens is 354 g/mol. The summed E-state index contributed by atoms with van der Waals surface area (Å²) < 4.78 is 5.11. The van der Waals surface area contributed by atoms with E-state index >= 15 is 0 Å². The van der Waals surface area contributed by atoms with E-state index in [-0.39, 0.29) is 18.4 Å². The third-order valence-corrected chi connectivity index (χ3v) is 4.34. The second-order valence-electron chi connectivity index (χ2n) is 5.93. The molecule has 0 radical (unpaired) electrons. The van der Waals surface area contributed by atoms with Crippen molar-refractivity contribution in [3.05, 3.63) is 64.7 Å². The van der Waals surface area contributed by atoms with Gasteiger partial charge in [0.2, 0.25) is 5.91 Å². The molecule has 1 amide bonds. The highest BCUT2D eigenvalue weighted by molar-refractivity contribution is 6.32. The summed E-state index contributed by atoms with van der Waals surface area (Å²) in [5.74, 6) is -0.415. The lowest BCUT2D eigenvalue weighted by Crippen LogP contribution is -2.29. The number of hydrogen-bond acceptors (Lipinski definition) is 3. The van der Waals surface area contributed by atoms with Crippen LogP contribution < -0.4 is 10.1 Å². The van der Waals surface area contributed by atoms with E-state index in [4.69, 9.17) is 21.4 Å². The summed E-state index contributed by atoms with van der Waals surface area (Å²) in [5, 5.41) is 12.4. The monoisotopic (exact) mass is 375 g/mol. The highest BCUT2D eigenvalue weighted by Crippen LogP contribution is 2.25. The van der Waals surface area contributed by atoms with Gasteiger partial charge in [-0.05, 0) is 36.1 Å². The first-order valence-corrected chi connectivity index (χ1v) is 8.76. The number of benzene rings is 2. The van der Waals surface area contributed by atoms with Gasteiger partial charge in [-0.2, -0.15) is 0 Å². The number of carbonyl (C=O) groups excluding carboxylic acids is 1. The lowest BCUT2D eigenvalue weighted by Gasteiger charge is -2.18. The van der Waals surface area contributed by atoms with Gasteiger partial charge >= 0.3 is 5.97 Å². The van der Waals surface area contributed by atoms with E-state index < -0.39 is 5.97 Å². The van der Waals surface area contributed by atoms with E-state index in [0.717, 1.165) is 11.1 Å². The Balaban J connectivity index is 1.96. The molecule has 6 heteroatoms. The molecule has 0 saturated heterocycles. The van der Waals surface area contributed by atoms with Gasteiger partial charge in [-0.25, -0.2) is 0 Å². The molecule has 0 saturated carbocycles. The molecule has 0 fully saturated rings. The first kappa shape index (κ1) is 19.8. The van der Waals surface area contributed by atoms with Crippen LogP contribution >= 0.6 is 11.6 Å². The maximum Gasteiger partial charge on any atom is 0.303 e. The number of carbonyl (C=O) groups is 2. The standard InChI is InChI=1S/C20H22ClNO4/c1-26-18-10-7-14(13-16(18)21)8-11-19(23)22-17(9-12-20(24)25)15-5-3-2-4-6-15/h2-7,10,13,17H,8-9,11-12H2,1H3,(H,22,23)(H,24,25). The molecule has 0 aliphatic heterocycles. The minimum absolute atomic E-state index is 0.00602. The van der Waals surface area contributed by atoms with E-state index in [9.17, 15) is 9.59 Å². The predicted molar refractivity (Wildman–Crippen MR) is 101 cm³/mol. The minimum Gasteiger partial charge on any atom is -0.495 e. The second kappa shape index (κ2) is 9.82. The molecule has 1 atom stereocenters. The van der Waals surface area contributed by atoms with Crippen LogP contribution in [0.25, 0.3) is 0 Å². The third kappa shape index (κ3) is 6.08. The molecule has 0 spiro atoms. The molecule has 2 N–H and O–H groups in total. The Bertz CT molecular complexity index is 749. The van der Waals surface area contributed by atoms with Gasteiger partial charge in [-0.3, -0.25) is 9.59 Å². The average Bonchev–Trinajstić information content (AvgIpc) is 2.64. The summed E-state index contributed by atoms with van der Waals surface area (Å²) in [6, 6.07) is 14.5. The van der Waals surface area contributed by atoms with E-state index in [1.165, 1.54) is 0 Å². The number of halogens is 1. The zero-order valence-electron chi connectivity index (χ0n) is 14.6. The van der Waals surface area contributed by atoms with Crippen molar-refractivity contribution in [1.29, 1.82) is 0 Å². The maximum absolute atomic E-state index is 12.3. The molecule has 0 aromatic heterocycles. The van der Waals surface area contributed by atoms with Crippen LogP contribution in [0.15, 0.2) is 48.5 Å². The van der Waals surface area contributed by atoms with Gasteiger partial charge in [0.1, 0.15) is 5.75 Å². The molecule has 26 heavy (non-hydrogen) atoms. The van der Waals surface area contributed by atoms with Gasteiger partial charge in [0.15, 0.2) is 0 Å². The van der Waals surface area contributed by atoms with E-state index in [1.54, 1.807) is 19.2 Å². The summed E-state index contributed by atoms with van der Waals surface area (Å²) >= 11 is 6.10. The number of nitrogens with one attached hydrogen (secondary N) is 1. The van der Waals surface area contributed by atoms with Crippen LogP contribution in [0.1, 0.15) is 36.4 Å². The summed E-state index contributed by atoms with van der Waals surface area (Å²) in [4.78, 5) is 23.2. The number of methoxy groups -OCH3 is 1. The van der Waals surface area contributed by atoms with E-state index in [0.29, 0.717) is 30.0 Å². The fraction of sp³-hybridized carbons (Fsp3) is 0.300. The molecule has 5 nitrogen and oxygen atoms in total. The first-order chi connectivity index (χ1) is 12.5. The highest BCUT2D eigenvalue weighted by Gasteiger charge is 2.16. The van der Waals surface area contributed by atoms with Crippen LogP contribution in [0, 0.1) is 0 Å². The van der Waals surface area contributed by atoms with Crippen molar-refractivity contribution < 1.29 is 19.4 Å². The molecule has 2 aromatic carbocycles. The summed E-state index contributed by atoms with van der Waals surface area (Å²) in [5.41, 5.74) is 1.84. The van der Waals surface area contributed by atoms with Crippen molar-refractivity contribution in [3.8, 4) is 5.75 Å². The lowest BCUT2D eigenvalue weighted by molar-refractivity contribution is -0.137. The van der Waals surface area contributed by atoms with Crippen molar-refractivity contribution in [2.75, 3.05) is 7.11 Å². The summed E-state index contributed by atoms with van der Waals surface area (Å²) in [6.45, 7) is 0. The van der Waals surface area contributed by atoms with Crippen molar-refractivity contribution >= 4 is 23.5 Å². The zero-order chi connectivity index (χ0) is 18.9. The van der Waals surface area contributed by atoms with Gasteiger partial charge in [-0.15, -0.1) is 0 Å². The molecule has 1 unspecified atom stereocenters. The van der Waals surface area contributed by atoms with Crippen molar-refractivity contribution in [1.82, 2.24) is 5.32 Å². The number of carboxylic acid groups (broad SMARTS) is 1. The molecule has 0 aliphatic rings. The van der Waals surface area contributed by atoms with Gasteiger partial charge < -0.3 is 15.2 Å². The number of amides is 1. The molecule has 0 aliphatic carbocycles. The largest absolute Gasteiger partial charge is 0.495 e. The summed E-state index contributed by atoms with van der Waals surface area (Å²) in [7, 11) is 1.55. The number of aryl methyl sites for hydroxylation is 1. The van der Waals surface area contributed by atoms with E-state index in [2.05, 4.69) is 5.32 Å². The van der Waals surface area contributed by atoms with Crippen molar-refractivity contribution in [2.45, 2.75) is 31.7 Å². The van der Waals surface area contributed by atoms with Crippen LogP contribution in [0.5, 0.6) is 5.75 Å². The topological polar surface area (TPSA) is 75.6 Å². The Morgan fingerprint density at radius 3 is 2.50 bits per heavy atom. The minimum atomic E-state index is -0.881. The SMILES string of the molecule is COc1ccc(CCC(=O)NC(CCC(=O)O)c2ccccc2)cc1Cl. The van der Waals surface area contributed by atoms with Gasteiger partial charge in [0, 0.05) is 12.8 Å².